The first-order valence-electron chi connectivity index (χ1n) is 7.61. The molecule has 0 bridgehead atoms. The van der Waals surface area contributed by atoms with Crippen molar-refractivity contribution in [2.45, 2.75) is 52.5 Å². The van der Waals surface area contributed by atoms with E-state index in [0.29, 0.717) is 11.9 Å². The van der Waals surface area contributed by atoms with Crippen LogP contribution in [0.25, 0.3) is 11.2 Å². The van der Waals surface area contributed by atoms with E-state index in [4.69, 9.17) is 16.6 Å². The minimum Gasteiger partial charge on any atom is -0.310 e. The fraction of sp³-hybridized carbons (Fsp3) is 0.625. The van der Waals surface area contributed by atoms with Crippen molar-refractivity contribution in [1.82, 2.24) is 14.5 Å². The minimum atomic E-state index is 0.403. The van der Waals surface area contributed by atoms with Crippen LogP contribution in [-0.2, 0) is 6.42 Å². The molecule has 0 aromatic carbocycles. The monoisotopic (exact) mass is 371 g/mol. The van der Waals surface area contributed by atoms with Gasteiger partial charge in [-0.25, -0.2) is 9.97 Å². The topological polar surface area (TPSA) is 30.7 Å². The van der Waals surface area contributed by atoms with Crippen molar-refractivity contribution in [2.24, 2.45) is 5.92 Å². The fourth-order valence-corrected chi connectivity index (χ4v) is 3.17. The SMILES string of the molecule is CC(C)CCCC(C)n1c(CCCl)nc2cc(Br)cnc21. The number of fused-ring (bicyclic) bond motifs is 1. The largest absolute Gasteiger partial charge is 0.310 e. The average Bonchev–Trinajstić information content (AvgIpc) is 2.75. The summed E-state index contributed by atoms with van der Waals surface area (Å²) in [7, 11) is 0. The number of aromatic nitrogens is 3. The van der Waals surface area contributed by atoms with E-state index in [-0.39, 0.29) is 0 Å². The van der Waals surface area contributed by atoms with Crippen LogP contribution in [0, 0.1) is 5.92 Å². The highest BCUT2D eigenvalue weighted by Crippen LogP contribution is 2.26. The second kappa shape index (κ2) is 7.59. The third-order valence-electron chi connectivity index (χ3n) is 3.73. The van der Waals surface area contributed by atoms with Gasteiger partial charge in [-0.05, 0) is 41.3 Å². The van der Waals surface area contributed by atoms with Gasteiger partial charge in [-0.15, -0.1) is 11.6 Å². The van der Waals surface area contributed by atoms with E-state index >= 15 is 0 Å². The van der Waals surface area contributed by atoms with Crippen molar-refractivity contribution in [3.63, 3.8) is 0 Å². The lowest BCUT2D eigenvalue weighted by atomic mass is 10.0. The molecule has 2 aromatic heterocycles. The number of halogens is 2. The quantitative estimate of drug-likeness (QED) is 0.612. The van der Waals surface area contributed by atoms with Gasteiger partial charge in [0.05, 0.1) is 0 Å². The van der Waals surface area contributed by atoms with E-state index in [9.17, 15) is 0 Å². The van der Waals surface area contributed by atoms with E-state index in [0.717, 1.165) is 40.2 Å². The highest BCUT2D eigenvalue weighted by atomic mass is 79.9. The maximum Gasteiger partial charge on any atom is 0.160 e. The summed E-state index contributed by atoms with van der Waals surface area (Å²) in [4.78, 5) is 9.27. The van der Waals surface area contributed by atoms with Crippen molar-refractivity contribution in [3.05, 3.63) is 22.6 Å². The molecular weight excluding hydrogens is 350 g/mol. The molecule has 1 atom stereocenters. The zero-order valence-corrected chi connectivity index (χ0v) is 15.3. The minimum absolute atomic E-state index is 0.403. The molecule has 0 fully saturated rings. The second-order valence-corrected chi connectivity index (χ2v) is 7.30. The fourth-order valence-electron chi connectivity index (χ4n) is 2.68. The van der Waals surface area contributed by atoms with E-state index in [2.05, 4.69) is 46.3 Å². The Labute approximate surface area is 140 Å². The Hall–Kier alpha value is -0.610. The number of imidazole rings is 1. The first kappa shape index (κ1) is 16.8. The first-order chi connectivity index (χ1) is 10.0. The van der Waals surface area contributed by atoms with E-state index in [1.165, 1.54) is 12.8 Å². The van der Waals surface area contributed by atoms with Crippen LogP contribution in [0.4, 0.5) is 0 Å². The normalized spacial score (nSPS) is 13.2. The number of rotatable bonds is 7. The molecule has 3 nitrogen and oxygen atoms in total. The van der Waals surface area contributed by atoms with Gasteiger partial charge in [-0.3, -0.25) is 0 Å². The van der Waals surface area contributed by atoms with Crippen LogP contribution in [0.1, 0.15) is 51.9 Å². The Balaban J connectivity index is 2.28. The third-order valence-corrected chi connectivity index (χ3v) is 4.35. The predicted octanol–water partition coefficient (Wildman–Crippen LogP) is 5.36. The van der Waals surface area contributed by atoms with Gasteiger partial charge < -0.3 is 4.57 Å². The first-order valence-corrected chi connectivity index (χ1v) is 8.94. The highest BCUT2D eigenvalue weighted by molar-refractivity contribution is 9.10. The maximum absolute atomic E-state index is 5.93. The van der Waals surface area contributed by atoms with Crippen molar-refractivity contribution < 1.29 is 0 Å². The summed E-state index contributed by atoms with van der Waals surface area (Å²) in [6.45, 7) is 6.80. The lowest BCUT2D eigenvalue weighted by molar-refractivity contribution is 0.444. The molecule has 0 aliphatic carbocycles. The lowest BCUT2D eigenvalue weighted by Gasteiger charge is -2.17. The molecule has 21 heavy (non-hydrogen) atoms. The molecule has 116 valence electrons. The zero-order chi connectivity index (χ0) is 15.4. The van der Waals surface area contributed by atoms with Crippen LogP contribution in [0.15, 0.2) is 16.7 Å². The molecule has 0 spiro atoms. The Morgan fingerprint density at radius 2 is 2.05 bits per heavy atom. The molecule has 2 aromatic rings. The molecule has 0 saturated heterocycles. The summed E-state index contributed by atoms with van der Waals surface area (Å²) >= 11 is 9.40. The van der Waals surface area contributed by atoms with Crippen LogP contribution in [0.5, 0.6) is 0 Å². The number of aryl methyl sites for hydroxylation is 1. The van der Waals surface area contributed by atoms with Gasteiger partial charge in [0.2, 0.25) is 0 Å². The van der Waals surface area contributed by atoms with Crippen LogP contribution < -0.4 is 0 Å². The number of pyridine rings is 1. The average molecular weight is 373 g/mol. The summed E-state index contributed by atoms with van der Waals surface area (Å²) in [5.74, 6) is 2.39. The van der Waals surface area contributed by atoms with Gasteiger partial charge in [-0.1, -0.05) is 26.7 Å². The van der Waals surface area contributed by atoms with Crippen molar-refractivity contribution in [1.29, 1.82) is 0 Å². The lowest BCUT2D eigenvalue weighted by Crippen LogP contribution is -2.11. The van der Waals surface area contributed by atoms with E-state index in [1.807, 2.05) is 12.3 Å². The summed E-state index contributed by atoms with van der Waals surface area (Å²) in [6, 6.07) is 2.43. The molecule has 0 amide bonds. The summed E-state index contributed by atoms with van der Waals surface area (Å²) in [5, 5.41) is 0. The Morgan fingerprint density at radius 3 is 2.71 bits per heavy atom. The van der Waals surface area contributed by atoms with Crippen molar-refractivity contribution >= 4 is 38.7 Å². The zero-order valence-electron chi connectivity index (χ0n) is 12.9. The molecule has 0 aliphatic rings. The summed E-state index contributed by atoms with van der Waals surface area (Å²) < 4.78 is 3.23. The maximum atomic E-state index is 5.93. The molecule has 0 aliphatic heterocycles. The standard InChI is InChI=1S/C16H23BrClN3/c1-11(2)5-4-6-12(3)21-15(7-8-18)20-14-9-13(17)10-19-16(14)21/h9-12H,4-8H2,1-3H3. The highest BCUT2D eigenvalue weighted by Gasteiger charge is 2.16. The van der Waals surface area contributed by atoms with Crippen molar-refractivity contribution in [3.8, 4) is 0 Å². The van der Waals surface area contributed by atoms with Gasteiger partial charge in [0.25, 0.3) is 0 Å². The number of alkyl halides is 1. The molecule has 0 N–H and O–H groups in total. The summed E-state index contributed by atoms with van der Waals surface area (Å²) in [6.07, 6.45) is 6.27. The molecular formula is C16H23BrClN3. The molecule has 5 heteroatoms. The van der Waals surface area contributed by atoms with Gasteiger partial charge >= 0.3 is 0 Å². The van der Waals surface area contributed by atoms with Gasteiger partial charge in [0, 0.05) is 29.0 Å². The number of nitrogens with zero attached hydrogens (tertiary/aromatic N) is 3. The smallest absolute Gasteiger partial charge is 0.160 e. The molecule has 0 saturated carbocycles. The Morgan fingerprint density at radius 1 is 1.29 bits per heavy atom. The molecule has 0 radical (unpaired) electrons. The predicted molar refractivity (Wildman–Crippen MR) is 93.1 cm³/mol. The third kappa shape index (κ3) is 4.19. The van der Waals surface area contributed by atoms with Crippen LogP contribution >= 0.6 is 27.5 Å². The second-order valence-electron chi connectivity index (χ2n) is 6.01. The molecule has 2 heterocycles. The number of hydrogen-bond donors (Lipinski definition) is 0. The van der Waals surface area contributed by atoms with Gasteiger partial charge in [0.15, 0.2) is 5.65 Å². The van der Waals surface area contributed by atoms with Crippen LogP contribution in [0.3, 0.4) is 0 Å². The van der Waals surface area contributed by atoms with Gasteiger partial charge in [0.1, 0.15) is 11.3 Å². The summed E-state index contributed by atoms with van der Waals surface area (Å²) in [5.41, 5.74) is 1.91. The Kier molecular flexibility index (Phi) is 6.06. The molecule has 2 rings (SSSR count). The van der Waals surface area contributed by atoms with E-state index < -0.39 is 0 Å². The van der Waals surface area contributed by atoms with Crippen molar-refractivity contribution in [2.75, 3.05) is 5.88 Å². The van der Waals surface area contributed by atoms with Crippen LogP contribution in [-0.4, -0.2) is 20.4 Å². The van der Waals surface area contributed by atoms with Crippen LogP contribution in [0.2, 0.25) is 0 Å². The number of hydrogen-bond acceptors (Lipinski definition) is 2. The van der Waals surface area contributed by atoms with Gasteiger partial charge in [-0.2, -0.15) is 0 Å². The Bertz CT molecular complexity index is 594. The van der Waals surface area contributed by atoms with E-state index in [1.54, 1.807) is 0 Å². The molecule has 1 unspecified atom stereocenters.